The Bertz CT molecular complexity index is 1820. The standard InChI is InChI=1S/C41H63N7O9S/c1-10-19-42-36(51)33(49)30(21-26-14-13-15-26)43-35(50)31-22-29(57-39(54)47-20-18-27-16-11-12-17-28(27)23-47)24-48(31)37(52)34(41(5,6)7)45-38(53)44-32(40(2,3)4)25-46(8)58(9,55)56/h10-12,16-17,26,29-32,34H,1,13-15,18-25H2,2-9H3,(H,42,51)(H,43,50)(H2,44,45,53)/t29-,30?,31?,32-,34?/m1/s1. The van der Waals surface area contributed by atoms with E-state index in [0.717, 1.165) is 41.0 Å². The van der Waals surface area contributed by atoms with E-state index in [9.17, 15) is 37.2 Å². The second-order valence-electron chi connectivity index (χ2n) is 18.0. The summed E-state index contributed by atoms with van der Waals surface area (Å²) in [5.74, 6) is -2.86. The second-order valence-corrected chi connectivity index (χ2v) is 20.1. The minimum absolute atomic E-state index is 0.0275. The lowest BCUT2D eigenvalue weighted by Gasteiger charge is -2.37. The Morgan fingerprint density at radius 2 is 1.64 bits per heavy atom. The number of rotatable bonds is 15. The molecule has 4 N–H and O–H groups in total. The van der Waals surface area contributed by atoms with Crippen LogP contribution in [0.3, 0.4) is 0 Å². The zero-order valence-corrected chi connectivity index (χ0v) is 36.1. The van der Waals surface area contributed by atoms with Gasteiger partial charge in [-0.2, -0.15) is 0 Å². The predicted molar refractivity (Wildman–Crippen MR) is 219 cm³/mol. The van der Waals surface area contributed by atoms with Gasteiger partial charge in [-0.1, -0.05) is 91.1 Å². The van der Waals surface area contributed by atoms with Gasteiger partial charge in [-0.05, 0) is 40.7 Å². The number of ether oxygens (including phenoxy) is 1. The number of fused-ring (bicyclic) bond motifs is 1. The number of Topliss-reactive ketones (excluding diaryl/α,β-unsaturated/α-hetero) is 1. The molecule has 1 saturated heterocycles. The highest BCUT2D eigenvalue weighted by molar-refractivity contribution is 7.88. The molecule has 1 aliphatic carbocycles. The molecule has 1 aromatic rings. The molecule has 0 spiro atoms. The van der Waals surface area contributed by atoms with Crippen LogP contribution in [-0.2, 0) is 46.9 Å². The molecule has 2 fully saturated rings. The van der Waals surface area contributed by atoms with E-state index in [4.69, 9.17) is 4.74 Å². The van der Waals surface area contributed by atoms with Gasteiger partial charge in [-0.3, -0.25) is 19.2 Å². The lowest BCUT2D eigenvalue weighted by atomic mass is 9.80. The summed E-state index contributed by atoms with van der Waals surface area (Å²) >= 11 is 0. The smallest absolute Gasteiger partial charge is 0.410 e. The number of likely N-dealkylation sites (tertiary alicyclic amines) is 1. The summed E-state index contributed by atoms with van der Waals surface area (Å²) in [6.45, 7) is 15.0. The van der Waals surface area contributed by atoms with E-state index in [0.29, 0.717) is 19.5 Å². The van der Waals surface area contributed by atoms with Crippen LogP contribution in [0.15, 0.2) is 36.9 Å². The third-order valence-electron chi connectivity index (χ3n) is 11.3. The fourth-order valence-corrected chi connectivity index (χ4v) is 7.71. The number of benzene rings is 1. The number of nitrogens with one attached hydrogen (secondary N) is 4. The van der Waals surface area contributed by atoms with Crippen LogP contribution in [0.1, 0.15) is 84.8 Å². The van der Waals surface area contributed by atoms with Gasteiger partial charge in [0, 0.05) is 45.7 Å². The lowest BCUT2D eigenvalue weighted by molar-refractivity contribution is -0.144. The van der Waals surface area contributed by atoms with Crippen LogP contribution in [0.25, 0.3) is 0 Å². The molecular weight excluding hydrogens is 767 g/mol. The molecule has 2 heterocycles. The number of likely N-dealkylation sites (N-methyl/N-ethyl adjacent to an activating group) is 1. The van der Waals surface area contributed by atoms with Crippen LogP contribution in [0.5, 0.6) is 0 Å². The highest BCUT2D eigenvalue weighted by atomic mass is 32.2. The third kappa shape index (κ3) is 12.3. The zero-order chi connectivity index (χ0) is 43.2. The quantitative estimate of drug-likeness (QED) is 0.151. The molecule has 58 heavy (non-hydrogen) atoms. The first-order chi connectivity index (χ1) is 27.0. The van der Waals surface area contributed by atoms with Crippen LogP contribution in [0, 0.1) is 16.7 Å². The molecule has 1 saturated carbocycles. The number of ketones is 1. The minimum atomic E-state index is -3.57. The van der Waals surface area contributed by atoms with E-state index < -0.39 is 86.8 Å². The van der Waals surface area contributed by atoms with Crippen molar-refractivity contribution in [2.24, 2.45) is 16.7 Å². The normalized spacial score (nSPS) is 20.2. The predicted octanol–water partition coefficient (Wildman–Crippen LogP) is 2.72. The van der Waals surface area contributed by atoms with E-state index in [1.165, 1.54) is 18.0 Å². The van der Waals surface area contributed by atoms with Crippen molar-refractivity contribution in [3.05, 3.63) is 48.0 Å². The van der Waals surface area contributed by atoms with Crippen LogP contribution >= 0.6 is 0 Å². The van der Waals surface area contributed by atoms with Crippen LogP contribution in [0.4, 0.5) is 9.59 Å². The average molecular weight is 830 g/mol. The van der Waals surface area contributed by atoms with E-state index in [2.05, 4.69) is 27.8 Å². The Morgan fingerprint density at radius 3 is 2.21 bits per heavy atom. The number of carbonyl (C=O) groups excluding carboxylic acids is 6. The van der Waals surface area contributed by atoms with Gasteiger partial charge >= 0.3 is 12.1 Å². The van der Waals surface area contributed by atoms with Gasteiger partial charge < -0.3 is 35.8 Å². The number of carbonyl (C=O) groups is 6. The first-order valence-corrected chi connectivity index (χ1v) is 21.9. The van der Waals surface area contributed by atoms with Crippen LogP contribution in [0.2, 0.25) is 0 Å². The molecule has 3 unspecified atom stereocenters. The monoisotopic (exact) mass is 829 g/mol. The van der Waals surface area contributed by atoms with Gasteiger partial charge in [0.05, 0.1) is 18.8 Å². The Kier molecular flexibility index (Phi) is 15.2. The summed E-state index contributed by atoms with van der Waals surface area (Å²) in [5, 5.41) is 10.9. The number of sulfonamides is 1. The van der Waals surface area contributed by atoms with Crippen LogP contribution in [-0.4, -0.2) is 128 Å². The lowest BCUT2D eigenvalue weighted by Crippen LogP contribution is -2.62. The Balaban J connectivity index is 1.60. The van der Waals surface area contributed by atoms with Gasteiger partial charge in [0.1, 0.15) is 18.2 Å². The first kappa shape index (κ1) is 46.2. The zero-order valence-electron chi connectivity index (χ0n) is 35.3. The van der Waals surface area contributed by atoms with Crippen molar-refractivity contribution in [2.75, 3.05) is 39.5 Å². The summed E-state index contributed by atoms with van der Waals surface area (Å²) in [5.41, 5.74) is 0.655. The summed E-state index contributed by atoms with van der Waals surface area (Å²) in [7, 11) is -2.15. The molecule has 0 aromatic heterocycles. The maximum absolute atomic E-state index is 14.7. The largest absolute Gasteiger partial charge is 0.444 e. The maximum Gasteiger partial charge on any atom is 0.410 e. The van der Waals surface area contributed by atoms with E-state index >= 15 is 0 Å². The maximum atomic E-state index is 14.7. The molecule has 16 nitrogen and oxygen atoms in total. The highest BCUT2D eigenvalue weighted by Crippen LogP contribution is 2.32. The minimum Gasteiger partial charge on any atom is -0.444 e. The number of nitrogens with zero attached hydrogens (tertiary/aromatic N) is 3. The molecule has 5 atom stereocenters. The summed E-state index contributed by atoms with van der Waals surface area (Å²) in [4.78, 5) is 85.3. The van der Waals surface area contributed by atoms with E-state index in [1.54, 1.807) is 25.7 Å². The molecule has 17 heteroatoms. The van der Waals surface area contributed by atoms with E-state index in [-0.39, 0.29) is 38.4 Å². The van der Waals surface area contributed by atoms with Crippen molar-refractivity contribution in [1.29, 1.82) is 0 Å². The second kappa shape index (κ2) is 19.0. The van der Waals surface area contributed by atoms with Crippen molar-refractivity contribution in [1.82, 2.24) is 35.4 Å². The molecule has 2 aliphatic heterocycles. The average Bonchev–Trinajstić information content (AvgIpc) is 3.55. The number of urea groups is 1. The number of amides is 6. The fourth-order valence-electron chi connectivity index (χ4n) is 7.29. The molecule has 0 bridgehead atoms. The van der Waals surface area contributed by atoms with Crippen LogP contribution < -0.4 is 21.3 Å². The topological polar surface area (TPSA) is 204 Å². The van der Waals surface area contributed by atoms with E-state index in [1.807, 2.05) is 45.0 Å². The van der Waals surface area contributed by atoms with Gasteiger partial charge in [-0.25, -0.2) is 22.3 Å². The van der Waals surface area contributed by atoms with Gasteiger partial charge in [0.25, 0.3) is 5.91 Å². The summed E-state index contributed by atoms with van der Waals surface area (Å²) in [6, 6.07) is 2.86. The molecule has 3 aliphatic rings. The Morgan fingerprint density at radius 1 is 0.983 bits per heavy atom. The molecular formula is C41H63N7O9S. The molecule has 322 valence electrons. The van der Waals surface area contributed by atoms with Crippen molar-refractivity contribution in [3.8, 4) is 0 Å². The molecule has 6 amide bonds. The first-order valence-electron chi connectivity index (χ1n) is 20.0. The summed E-state index contributed by atoms with van der Waals surface area (Å²) < 4.78 is 31.6. The number of hydrogen-bond acceptors (Lipinski definition) is 9. The third-order valence-corrected chi connectivity index (χ3v) is 12.6. The SMILES string of the molecule is C=CCNC(=O)C(=O)C(CC1CCC1)NC(=O)C1C[C@@H](OC(=O)N2CCc3ccccc3C2)CN1C(=O)C(NC(=O)N[C@H](CN(C)S(C)(=O)=O)C(C)(C)C)C(C)(C)C. The molecule has 4 rings (SSSR count). The molecule has 1 aromatic carbocycles. The van der Waals surface area contributed by atoms with Gasteiger partial charge in [0.2, 0.25) is 27.6 Å². The summed E-state index contributed by atoms with van der Waals surface area (Å²) in [6.07, 6.45) is 4.48. The highest BCUT2D eigenvalue weighted by Gasteiger charge is 2.47. The van der Waals surface area contributed by atoms with Crippen molar-refractivity contribution in [2.45, 2.75) is 117 Å². The van der Waals surface area contributed by atoms with Crippen molar-refractivity contribution < 1.29 is 41.9 Å². The van der Waals surface area contributed by atoms with Crippen molar-refractivity contribution >= 4 is 45.7 Å². The van der Waals surface area contributed by atoms with Crippen molar-refractivity contribution in [3.63, 3.8) is 0 Å². The van der Waals surface area contributed by atoms with Gasteiger partial charge in [-0.15, -0.1) is 6.58 Å². The Hall–Kier alpha value is -4.51. The Labute approximate surface area is 343 Å². The fraction of sp³-hybridized carbons (Fsp3) is 0.659. The number of hydrogen-bond donors (Lipinski definition) is 4. The van der Waals surface area contributed by atoms with Gasteiger partial charge in [0.15, 0.2) is 0 Å². The molecule has 0 radical (unpaired) electrons.